The standard InChI is InChI=1S/C13H12IN3O/c14-10-7-15-8-16-13(10)17-11-5-6-18-12-4-2-1-3-9(11)12/h1-4,7-8,11H,5-6H2,(H,15,16,17). The van der Waals surface area contributed by atoms with Gasteiger partial charge < -0.3 is 10.1 Å². The molecule has 92 valence electrons. The smallest absolute Gasteiger partial charge is 0.143 e. The predicted molar refractivity (Wildman–Crippen MR) is 77.7 cm³/mol. The maximum Gasteiger partial charge on any atom is 0.143 e. The predicted octanol–water partition coefficient (Wildman–Crippen LogP) is 3.02. The minimum Gasteiger partial charge on any atom is -0.493 e. The first-order valence-electron chi connectivity index (χ1n) is 5.78. The number of aromatic nitrogens is 2. The summed E-state index contributed by atoms with van der Waals surface area (Å²) in [5.41, 5.74) is 1.19. The summed E-state index contributed by atoms with van der Waals surface area (Å²) in [4.78, 5) is 8.27. The van der Waals surface area contributed by atoms with E-state index in [1.165, 1.54) is 5.56 Å². The van der Waals surface area contributed by atoms with E-state index in [0.29, 0.717) is 0 Å². The third-order valence-electron chi connectivity index (χ3n) is 2.94. The summed E-state index contributed by atoms with van der Waals surface area (Å²) < 4.78 is 6.67. The molecule has 0 aliphatic carbocycles. The SMILES string of the molecule is Ic1cncnc1NC1CCOc2ccccc21. The molecule has 4 nitrogen and oxygen atoms in total. The zero-order chi connectivity index (χ0) is 12.4. The van der Waals surface area contributed by atoms with Crippen molar-refractivity contribution in [3.05, 3.63) is 45.9 Å². The van der Waals surface area contributed by atoms with E-state index in [1.807, 2.05) is 18.2 Å². The Morgan fingerprint density at radius 3 is 3.11 bits per heavy atom. The average Bonchev–Trinajstić information content (AvgIpc) is 2.42. The maximum absolute atomic E-state index is 5.65. The van der Waals surface area contributed by atoms with Crippen LogP contribution in [0.3, 0.4) is 0 Å². The second kappa shape index (κ2) is 5.09. The van der Waals surface area contributed by atoms with E-state index in [9.17, 15) is 0 Å². The van der Waals surface area contributed by atoms with Crippen molar-refractivity contribution in [3.63, 3.8) is 0 Å². The normalized spacial score (nSPS) is 17.7. The molecule has 0 radical (unpaired) electrons. The molecule has 1 aromatic heterocycles. The van der Waals surface area contributed by atoms with Gasteiger partial charge in [-0.05, 0) is 28.7 Å². The van der Waals surface area contributed by atoms with Crippen LogP contribution in [0, 0.1) is 3.57 Å². The summed E-state index contributed by atoms with van der Waals surface area (Å²) in [6, 6.07) is 8.38. The molecule has 2 aromatic rings. The van der Waals surface area contributed by atoms with E-state index < -0.39 is 0 Å². The Kier molecular flexibility index (Phi) is 3.31. The third-order valence-corrected chi connectivity index (χ3v) is 3.73. The van der Waals surface area contributed by atoms with Crippen molar-refractivity contribution in [3.8, 4) is 5.75 Å². The Labute approximate surface area is 119 Å². The van der Waals surface area contributed by atoms with Crippen LogP contribution in [0.2, 0.25) is 0 Å². The van der Waals surface area contributed by atoms with Crippen molar-refractivity contribution in [2.45, 2.75) is 12.5 Å². The highest BCUT2D eigenvalue weighted by Gasteiger charge is 2.21. The topological polar surface area (TPSA) is 47.0 Å². The minimum atomic E-state index is 0.248. The molecule has 0 amide bonds. The molecule has 0 saturated heterocycles. The molecular weight excluding hydrogens is 341 g/mol. The van der Waals surface area contributed by atoms with E-state index in [1.54, 1.807) is 12.5 Å². The highest BCUT2D eigenvalue weighted by atomic mass is 127. The second-order valence-corrected chi connectivity index (χ2v) is 5.25. The molecular formula is C13H12IN3O. The van der Waals surface area contributed by atoms with E-state index >= 15 is 0 Å². The van der Waals surface area contributed by atoms with Crippen molar-refractivity contribution < 1.29 is 4.74 Å². The van der Waals surface area contributed by atoms with Crippen LogP contribution >= 0.6 is 22.6 Å². The molecule has 3 rings (SSSR count). The number of rotatable bonds is 2. The number of nitrogens with zero attached hydrogens (tertiary/aromatic N) is 2. The van der Waals surface area contributed by atoms with Gasteiger partial charge in [-0.25, -0.2) is 9.97 Å². The molecule has 5 heteroatoms. The fourth-order valence-corrected chi connectivity index (χ4v) is 2.53. The molecule has 0 fully saturated rings. The molecule has 1 unspecified atom stereocenters. The van der Waals surface area contributed by atoms with E-state index in [2.05, 4.69) is 43.9 Å². The van der Waals surface area contributed by atoms with E-state index in [-0.39, 0.29) is 6.04 Å². The van der Waals surface area contributed by atoms with Crippen LogP contribution in [0.5, 0.6) is 5.75 Å². The molecule has 18 heavy (non-hydrogen) atoms. The Balaban J connectivity index is 1.89. The van der Waals surface area contributed by atoms with Gasteiger partial charge in [-0.2, -0.15) is 0 Å². The molecule has 0 saturated carbocycles. The van der Waals surface area contributed by atoms with Gasteiger partial charge in [0.15, 0.2) is 0 Å². The molecule has 1 aliphatic heterocycles. The Bertz CT molecular complexity index is 561. The number of para-hydroxylation sites is 1. The molecule has 1 N–H and O–H groups in total. The lowest BCUT2D eigenvalue weighted by molar-refractivity contribution is 0.274. The van der Waals surface area contributed by atoms with Gasteiger partial charge in [0.05, 0.1) is 16.2 Å². The van der Waals surface area contributed by atoms with Crippen LogP contribution < -0.4 is 10.1 Å². The van der Waals surface area contributed by atoms with Gasteiger partial charge in [-0.1, -0.05) is 18.2 Å². The highest BCUT2D eigenvalue weighted by Crippen LogP contribution is 2.34. The number of benzene rings is 1. The van der Waals surface area contributed by atoms with Gasteiger partial charge in [0.25, 0.3) is 0 Å². The quantitative estimate of drug-likeness (QED) is 0.844. The summed E-state index contributed by atoms with van der Waals surface area (Å²) in [5.74, 6) is 1.85. The molecule has 1 aromatic carbocycles. The lowest BCUT2D eigenvalue weighted by Gasteiger charge is -2.27. The molecule has 2 heterocycles. The lowest BCUT2D eigenvalue weighted by Crippen LogP contribution is -2.21. The number of hydrogen-bond donors (Lipinski definition) is 1. The molecule has 1 atom stereocenters. The third kappa shape index (κ3) is 2.27. The Hall–Kier alpha value is -1.37. The van der Waals surface area contributed by atoms with Gasteiger partial charge >= 0.3 is 0 Å². The van der Waals surface area contributed by atoms with Gasteiger partial charge in [0, 0.05) is 18.2 Å². The summed E-state index contributed by atoms with van der Waals surface area (Å²) in [7, 11) is 0. The highest BCUT2D eigenvalue weighted by molar-refractivity contribution is 14.1. The maximum atomic E-state index is 5.65. The molecule has 0 spiro atoms. The summed E-state index contributed by atoms with van der Waals surface area (Å²) in [6.07, 6.45) is 4.31. The van der Waals surface area contributed by atoms with Crippen LogP contribution in [0.25, 0.3) is 0 Å². The van der Waals surface area contributed by atoms with Gasteiger partial charge in [0.1, 0.15) is 17.9 Å². The van der Waals surface area contributed by atoms with Crippen LogP contribution in [0.4, 0.5) is 5.82 Å². The number of fused-ring (bicyclic) bond motifs is 1. The molecule has 0 bridgehead atoms. The average molecular weight is 353 g/mol. The fraction of sp³-hybridized carbons (Fsp3) is 0.231. The number of halogens is 1. The first-order chi connectivity index (χ1) is 8.84. The van der Waals surface area contributed by atoms with Crippen molar-refractivity contribution in [1.29, 1.82) is 0 Å². The van der Waals surface area contributed by atoms with Crippen molar-refractivity contribution >= 4 is 28.4 Å². The minimum absolute atomic E-state index is 0.248. The lowest BCUT2D eigenvalue weighted by atomic mass is 10.0. The van der Waals surface area contributed by atoms with Crippen LogP contribution in [0.15, 0.2) is 36.8 Å². The van der Waals surface area contributed by atoms with Crippen molar-refractivity contribution in [2.75, 3.05) is 11.9 Å². The first-order valence-corrected chi connectivity index (χ1v) is 6.86. The van der Waals surface area contributed by atoms with Crippen LogP contribution in [-0.2, 0) is 0 Å². The van der Waals surface area contributed by atoms with Gasteiger partial charge in [0.2, 0.25) is 0 Å². The fourth-order valence-electron chi connectivity index (χ4n) is 2.08. The summed E-state index contributed by atoms with van der Waals surface area (Å²) >= 11 is 2.24. The Morgan fingerprint density at radius 2 is 2.22 bits per heavy atom. The largest absolute Gasteiger partial charge is 0.493 e. The summed E-state index contributed by atoms with van der Waals surface area (Å²) in [6.45, 7) is 0.732. The number of ether oxygens (including phenoxy) is 1. The number of nitrogens with one attached hydrogen (secondary N) is 1. The Morgan fingerprint density at radius 1 is 1.33 bits per heavy atom. The van der Waals surface area contributed by atoms with Crippen molar-refractivity contribution in [2.24, 2.45) is 0 Å². The zero-order valence-corrected chi connectivity index (χ0v) is 11.8. The van der Waals surface area contributed by atoms with E-state index in [0.717, 1.165) is 28.2 Å². The monoisotopic (exact) mass is 353 g/mol. The first kappa shape index (κ1) is 11.7. The van der Waals surface area contributed by atoms with Crippen LogP contribution in [-0.4, -0.2) is 16.6 Å². The second-order valence-electron chi connectivity index (χ2n) is 4.09. The summed E-state index contributed by atoms with van der Waals surface area (Å²) in [5, 5.41) is 3.47. The van der Waals surface area contributed by atoms with Gasteiger partial charge in [-0.15, -0.1) is 0 Å². The number of hydrogen-bond acceptors (Lipinski definition) is 4. The van der Waals surface area contributed by atoms with Crippen molar-refractivity contribution in [1.82, 2.24) is 9.97 Å². The number of anilines is 1. The molecule has 1 aliphatic rings. The van der Waals surface area contributed by atoms with Gasteiger partial charge in [-0.3, -0.25) is 0 Å². The van der Waals surface area contributed by atoms with Crippen LogP contribution in [0.1, 0.15) is 18.0 Å². The zero-order valence-electron chi connectivity index (χ0n) is 9.64. The van der Waals surface area contributed by atoms with E-state index in [4.69, 9.17) is 4.74 Å².